The summed E-state index contributed by atoms with van der Waals surface area (Å²) in [5.74, 6) is 6.63. The van der Waals surface area contributed by atoms with E-state index in [1.54, 1.807) is 0 Å². The molecule has 3 N–H and O–H groups in total. The van der Waals surface area contributed by atoms with Crippen LogP contribution in [0.3, 0.4) is 0 Å². The van der Waals surface area contributed by atoms with Crippen LogP contribution in [0.1, 0.15) is 34.7 Å². The second-order valence-electron chi connectivity index (χ2n) is 5.53. The lowest BCUT2D eigenvalue weighted by atomic mass is 9.97. The Kier molecular flexibility index (Phi) is 5.37. The van der Waals surface area contributed by atoms with Crippen LogP contribution in [-0.2, 0) is 0 Å². The first-order valence-electron chi connectivity index (χ1n) is 7.33. The van der Waals surface area contributed by atoms with Crippen LogP contribution in [0.25, 0.3) is 0 Å². The molecule has 0 aliphatic rings. The number of hydrogen-bond donors (Lipinski definition) is 2. The fraction of sp³-hybridized carbons (Fsp3) is 0.333. The summed E-state index contributed by atoms with van der Waals surface area (Å²) in [6.07, 6.45) is 0.828. The van der Waals surface area contributed by atoms with E-state index in [0.717, 1.165) is 12.2 Å². The molecule has 0 saturated heterocycles. The van der Waals surface area contributed by atoms with Crippen molar-refractivity contribution in [2.24, 2.45) is 5.84 Å². The molecule has 1 atom stereocenters. The monoisotopic (exact) mass is 284 g/mol. The highest BCUT2D eigenvalue weighted by atomic mass is 16.5. The van der Waals surface area contributed by atoms with E-state index >= 15 is 0 Å². The van der Waals surface area contributed by atoms with Crippen molar-refractivity contribution in [3.05, 3.63) is 64.7 Å². The Hall–Kier alpha value is -1.84. The maximum atomic E-state index is 5.82. The van der Waals surface area contributed by atoms with E-state index in [0.29, 0.717) is 6.61 Å². The maximum absolute atomic E-state index is 5.82. The molecule has 2 aromatic rings. The van der Waals surface area contributed by atoms with Crippen molar-refractivity contribution in [2.75, 3.05) is 6.61 Å². The summed E-state index contributed by atoms with van der Waals surface area (Å²) in [5, 5.41) is 0. The van der Waals surface area contributed by atoms with Crippen LogP contribution in [0.15, 0.2) is 42.5 Å². The van der Waals surface area contributed by atoms with E-state index in [1.807, 2.05) is 18.2 Å². The van der Waals surface area contributed by atoms with Crippen LogP contribution in [0.2, 0.25) is 0 Å². The van der Waals surface area contributed by atoms with Crippen molar-refractivity contribution < 1.29 is 4.74 Å². The standard InChI is InChI=1S/C18H24N2O/c1-13-5-4-6-16(11-13)21-10-9-18(20-19)17-12-14(2)7-8-15(17)3/h4-8,11-12,18,20H,9-10,19H2,1-3H3. The van der Waals surface area contributed by atoms with Gasteiger partial charge < -0.3 is 4.74 Å². The number of hydrogen-bond acceptors (Lipinski definition) is 3. The molecule has 21 heavy (non-hydrogen) atoms. The van der Waals surface area contributed by atoms with Crippen LogP contribution in [0.4, 0.5) is 0 Å². The highest BCUT2D eigenvalue weighted by molar-refractivity contribution is 5.33. The summed E-state index contributed by atoms with van der Waals surface area (Å²) >= 11 is 0. The summed E-state index contributed by atoms with van der Waals surface area (Å²) in [6, 6.07) is 14.6. The third kappa shape index (κ3) is 4.31. The molecule has 0 spiro atoms. The van der Waals surface area contributed by atoms with Gasteiger partial charge in [0, 0.05) is 12.5 Å². The Labute approximate surface area is 127 Å². The second-order valence-corrected chi connectivity index (χ2v) is 5.53. The molecule has 0 radical (unpaired) electrons. The smallest absolute Gasteiger partial charge is 0.119 e. The number of nitrogens with one attached hydrogen (secondary N) is 1. The topological polar surface area (TPSA) is 47.3 Å². The van der Waals surface area contributed by atoms with Crippen LogP contribution in [-0.4, -0.2) is 6.61 Å². The molecule has 0 bridgehead atoms. The van der Waals surface area contributed by atoms with Gasteiger partial charge in [-0.05, 0) is 49.6 Å². The van der Waals surface area contributed by atoms with Crippen LogP contribution >= 0.6 is 0 Å². The Balaban J connectivity index is 1.98. The van der Waals surface area contributed by atoms with Crippen LogP contribution in [0, 0.1) is 20.8 Å². The van der Waals surface area contributed by atoms with Crippen molar-refractivity contribution in [3.8, 4) is 5.75 Å². The average Bonchev–Trinajstić information content (AvgIpc) is 2.47. The van der Waals surface area contributed by atoms with Gasteiger partial charge in [0.25, 0.3) is 0 Å². The summed E-state index contributed by atoms with van der Waals surface area (Å²) in [6.45, 7) is 6.90. The highest BCUT2D eigenvalue weighted by Gasteiger charge is 2.12. The predicted molar refractivity (Wildman–Crippen MR) is 87.3 cm³/mol. The highest BCUT2D eigenvalue weighted by Crippen LogP contribution is 2.22. The summed E-state index contributed by atoms with van der Waals surface area (Å²) in [4.78, 5) is 0. The first-order valence-corrected chi connectivity index (χ1v) is 7.33. The van der Waals surface area contributed by atoms with Gasteiger partial charge in [-0.25, -0.2) is 0 Å². The molecule has 2 aromatic carbocycles. The lowest BCUT2D eigenvalue weighted by Crippen LogP contribution is -2.30. The van der Waals surface area contributed by atoms with E-state index < -0.39 is 0 Å². The number of nitrogens with two attached hydrogens (primary N) is 1. The normalized spacial score (nSPS) is 12.2. The fourth-order valence-corrected chi connectivity index (χ4v) is 2.46. The van der Waals surface area contributed by atoms with E-state index in [1.165, 1.54) is 22.3 Å². The third-order valence-electron chi connectivity index (χ3n) is 3.68. The lowest BCUT2D eigenvalue weighted by molar-refractivity contribution is 0.287. The van der Waals surface area contributed by atoms with Gasteiger partial charge in [-0.15, -0.1) is 0 Å². The van der Waals surface area contributed by atoms with Gasteiger partial charge in [-0.1, -0.05) is 35.9 Å². The van der Waals surface area contributed by atoms with Crippen LogP contribution < -0.4 is 16.0 Å². The molecule has 3 heteroatoms. The van der Waals surface area contributed by atoms with Crippen molar-refractivity contribution in [1.82, 2.24) is 5.43 Å². The van der Waals surface area contributed by atoms with Crippen LogP contribution in [0.5, 0.6) is 5.75 Å². The molecule has 3 nitrogen and oxygen atoms in total. The van der Waals surface area contributed by atoms with Crippen molar-refractivity contribution in [1.29, 1.82) is 0 Å². The number of benzene rings is 2. The van der Waals surface area contributed by atoms with Gasteiger partial charge in [-0.2, -0.15) is 0 Å². The molecule has 0 heterocycles. The Bertz CT molecular complexity index is 596. The Morgan fingerprint density at radius 2 is 1.81 bits per heavy atom. The molecule has 1 unspecified atom stereocenters. The second kappa shape index (κ2) is 7.25. The molecule has 0 amide bonds. The summed E-state index contributed by atoms with van der Waals surface area (Å²) < 4.78 is 5.82. The predicted octanol–water partition coefficient (Wildman–Crippen LogP) is 3.59. The van der Waals surface area contributed by atoms with Crippen molar-refractivity contribution >= 4 is 0 Å². The largest absolute Gasteiger partial charge is 0.494 e. The molecule has 0 aromatic heterocycles. The van der Waals surface area contributed by atoms with Gasteiger partial charge in [0.05, 0.1) is 6.61 Å². The molecule has 0 saturated carbocycles. The van der Waals surface area contributed by atoms with Gasteiger partial charge in [0.2, 0.25) is 0 Å². The number of aryl methyl sites for hydroxylation is 3. The zero-order chi connectivity index (χ0) is 15.2. The van der Waals surface area contributed by atoms with Gasteiger partial charge in [0.15, 0.2) is 0 Å². The molecule has 0 fully saturated rings. The van der Waals surface area contributed by atoms with Gasteiger partial charge in [0.1, 0.15) is 5.75 Å². The SMILES string of the molecule is Cc1cccc(OCCC(NN)c2cc(C)ccc2C)c1. The fourth-order valence-electron chi connectivity index (χ4n) is 2.46. The van der Waals surface area contributed by atoms with Crippen molar-refractivity contribution in [3.63, 3.8) is 0 Å². The molecule has 112 valence electrons. The van der Waals surface area contributed by atoms with E-state index in [9.17, 15) is 0 Å². The molecule has 0 aliphatic carbocycles. The zero-order valence-electron chi connectivity index (χ0n) is 13.0. The summed E-state index contributed by atoms with van der Waals surface area (Å²) in [5.41, 5.74) is 7.84. The van der Waals surface area contributed by atoms with Crippen molar-refractivity contribution in [2.45, 2.75) is 33.2 Å². The first kappa shape index (κ1) is 15.5. The minimum Gasteiger partial charge on any atom is -0.494 e. The molecule has 2 rings (SSSR count). The lowest BCUT2D eigenvalue weighted by Gasteiger charge is -2.19. The average molecular weight is 284 g/mol. The minimum absolute atomic E-state index is 0.106. The summed E-state index contributed by atoms with van der Waals surface area (Å²) in [7, 11) is 0. The molecule has 0 aliphatic heterocycles. The molecular formula is C18H24N2O. The number of ether oxygens (including phenoxy) is 1. The van der Waals surface area contributed by atoms with Gasteiger partial charge in [-0.3, -0.25) is 11.3 Å². The third-order valence-corrected chi connectivity index (χ3v) is 3.68. The Morgan fingerprint density at radius 3 is 2.52 bits per heavy atom. The van der Waals surface area contributed by atoms with E-state index in [-0.39, 0.29) is 6.04 Å². The first-order chi connectivity index (χ1) is 10.1. The molecular weight excluding hydrogens is 260 g/mol. The van der Waals surface area contributed by atoms with Gasteiger partial charge >= 0.3 is 0 Å². The Morgan fingerprint density at radius 1 is 1.05 bits per heavy atom. The number of hydrazine groups is 1. The minimum atomic E-state index is 0.106. The maximum Gasteiger partial charge on any atom is 0.119 e. The van der Waals surface area contributed by atoms with E-state index in [4.69, 9.17) is 10.6 Å². The number of rotatable bonds is 6. The van der Waals surface area contributed by atoms with E-state index in [2.05, 4.69) is 50.5 Å². The quantitative estimate of drug-likeness (QED) is 0.629. The zero-order valence-corrected chi connectivity index (χ0v) is 13.0.